The molecule has 1 heterocycles. The second-order valence-corrected chi connectivity index (χ2v) is 14.7. The number of halogens is 3. The van der Waals surface area contributed by atoms with Gasteiger partial charge in [0.05, 0.1) is 55.8 Å². The van der Waals surface area contributed by atoms with Gasteiger partial charge >= 0.3 is 11.9 Å². The van der Waals surface area contributed by atoms with Crippen molar-refractivity contribution < 1.29 is 54.3 Å². The number of carbonyl (C=O) groups is 4. The molecule has 1 unspecified atom stereocenters. The normalized spacial score (nSPS) is 19.3. The number of ether oxygens (including phenoxy) is 2. The fourth-order valence-corrected chi connectivity index (χ4v) is 6.91. The maximum absolute atomic E-state index is 14.1. The molecule has 0 radical (unpaired) electrons. The average molecular weight is 708 g/mol. The Labute approximate surface area is 292 Å². The van der Waals surface area contributed by atoms with Crippen LogP contribution >= 0.6 is 0 Å². The Bertz CT molecular complexity index is 1560. The lowest BCUT2D eigenvalue weighted by atomic mass is 9.75. The van der Waals surface area contributed by atoms with Crippen molar-refractivity contribution in [2.75, 3.05) is 39.1 Å². The van der Waals surface area contributed by atoms with Gasteiger partial charge in [0.2, 0.25) is 0 Å². The monoisotopic (exact) mass is 707 g/mol. The first-order valence-electron chi connectivity index (χ1n) is 16.3. The topological polar surface area (TPSA) is 134 Å². The third-order valence-electron chi connectivity index (χ3n) is 8.77. The summed E-state index contributed by atoms with van der Waals surface area (Å²) in [5, 5.41) is 4.22. The molecule has 1 aromatic heterocycles. The molecule has 1 atom stereocenters. The van der Waals surface area contributed by atoms with E-state index in [0.717, 1.165) is 0 Å². The fourth-order valence-electron chi connectivity index (χ4n) is 6.91. The molecule has 0 aliphatic heterocycles. The quantitative estimate of drug-likeness (QED) is 0.190. The summed E-state index contributed by atoms with van der Waals surface area (Å²) in [6, 6.07) is 4.77. The number of esters is 2. The Morgan fingerprint density at radius 3 is 2.37 bits per heavy atom. The molecule has 1 saturated carbocycles. The van der Waals surface area contributed by atoms with Crippen molar-refractivity contribution in [3.63, 3.8) is 0 Å². The van der Waals surface area contributed by atoms with Crippen molar-refractivity contribution >= 4 is 29.3 Å². The van der Waals surface area contributed by atoms with Gasteiger partial charge in [0.1, 0.15) is 18.3 Å². The van der Waals surface area contributed by atoms with Gasteiger partial charge < -0.3 is 37.0 Å². The third-order valence-corrected chi connectivity index (χ3v) is 8.77. The minimum atomic E-state index is -2.93. The summed E-state index contributed by atoms with van der Waals surface area (Å²) in [7, 11) is 5.84. The number of Topliss-reactive ketones (excluding diaryl/α,β-unsaturated/α-hetero) is 1. The number of nitrogens with two attached hydrogens (primary N) is 1. The van der Waals surface area contributed by atoms with Crippen LogP contribution in [0.15, 0.2) is 30.9 Å². The highest BCUT2D eigenvalue weighted by atomic mass is 35.5. The van der Waals surface area contributed by atoms with E-state index in [1.165, 1.54) is 11.6 Å². The molecule has 2 N–H and O–H groups in total. The number of anilines is 1. The lowest BCUT2D eigenvalue weighted by molar-refractivity contribution is -0.873. The number of hydrogen-bond acceptors (Lipinski definition) is 8. The molecule has 11 nitrogen and oxygen atoms in total. The number of aromatic nitrogens is 2. The van der Waals surface area contributed by atoms with E-state index in [1.54, 1.807) is 24.3 Å². The number of rotatable bonds is 13. The molecule has 1 aromatic carbocycles. The largest absolute Gasteiger partial charge is 1.00 e. The first kappa shape index (κ1) is 39.6. The molecule has 2 aliphatic rings. The first-order chi connectivity index (χ1) is 22.4. The predicted octanol–water partition coefficient (Wildman–Crippen LogP) is 1.94. The Morgan fingerprint density at radius 2 is 1.82 bits per heavy atom. The second kappa shape index (κ2) is 15.8. The van der Waals surface area contributed by atoms with Crippen LogP contribution in [0.2, 0.25) is 0 Å². The average Bonchev–Trinajstić information content (AvgIpc) is 3.34. The second-order valence-electron chi connectivity index (χ2n) is 14.7. The number of likely N-dealkylation sites (N-methyl/N-ethyl adjacent to an activating group) is 1. The van der Waals surface area contributed by atoms with Crippen LogP contribution in [0.25, 0.3) is 5.69 Å². The van der Waals surface area contributed by atoms with Crippen molar-refractivity contribution in [3.8, 4) is 5.69 Å². The highest BCUT2D eigenvalue weighted by Crippen LogP contribution is 2.40. The molecular formula is C35H48ClF2N5O6. The first-order valence-corrected chi connectivity index (χ1v) is 16.3. The highest BCUT2D eigenvalue weighted by Gasteiger charge is 2.39. The molecule has 1 amide bonds. The van der Waals surface area contributed by atoms with Crippen LogP contribution in [-0.4, -0.2) is 90.4 Å². The molecule has 14 heteroatoms. The van der Waals surface area contributed by atoms with Crippen molar-refractivity contribution in [2.24, 2.45) is 11.1 Å². The van der Waals surface area contributed by atoms with Gasteiger partial charge in [-0.05, 0) is 55.7 Å². The fraction of sp³-hybridized carbons (Fsp3) is 0.571. The van der Waals surface area contributed by atoms with Crippen molar-refractivity contribution in [1.82, 2.24) is 9.78 Å². The summed E-state index contributed by atoms with van der Waals surface area (Å²) in [6.07, 6.45) is 0.686. The SMILES string of the molecule is C=CCN(c1cc(-n2nc(C(F)F)c3c2CC(C)(C)CC3=O)ccc1C(N)=O)C1CCC(OC(=O)CC(C[N+](C)(C)C)OC(C)=O)CC1.[Cl-]. The van der Waals surface area contributed by atoms with Gasteiger partial charge in [0, 0.05) is 25.9 Å². The zero-order valence-electron chi connectivity index (χ0n) is 29.1. The van der Waals surface area contributed by atoms with Crippen LogP contribution in [0, 0.1) is 5.41 Å². The van der Waals surface area contributed by atoms with E-state index < -0.39 is 41.5 Å². The molecular weight excluding hydrogens is 660 g/mol. The summed E-state index contributed by atoms with van der Waals surface area (Å²) in [4.78, 5) is 52.1. The van der Waals surface area contributed by atoms with E-state index in [2.05, 4.69) is 11.7 Å². The van der Waals surface area contributed by atoms with E-state index in [9.17, 15) is 28.0 Å². The zero-order valence-corrected chi connectivity index (χ0v) is 29.9. The van der Waals surface area contributed by atoms with E-state index >= 15 is 0 Å². The summed E-state index contributed by atoms with van der Waals surface area (Å²) in [5.41, 5.74) is 6.38. The Morgan fingerprint density at radius 1 is 1.16 bits per heavy atom. The number of ketones is 1. The Kier molecular flexibility index (Phi) is 12.8. The number of carbonyl (C=O) groups excluding carboxylic acids is 4. The molecule has 1 fully saturated rings. The molecule has 0 spiro atoms. The van der Waals surface area contributed by atoms with Gasteiger partial charge in [-0.15, -0.1) is 6.58 Å². The van der Waals surface area contributed by atoms with Crippen LogP contribution in [0.3, 0.4) is 0 Å². The predicted molar refractivity (Wildman–Crippen MR) is 176 cm³/mol. The minimum Gasteiger partial charge on any atom is -1.00 e. The lowest BCUT2D eigenvalue weighted by Gasteiger charge is -2.38. The molecule has 270 valence electrons. The summed E-state index contributed by atoms with van der Waals surface area (Å²) in [6.45, 7) is 9.87. The zero-order chi connectivity index (χ0) is 35.6. The van der Waals surface area contributed by atoms with Gasteiger partial charge in [0.15, 0.2) is 11.9 Å². The third kappa shape index (κ3) is 9.87. The molecule has 0 bridgehead atoms. The number of primary amides is 1. The van der Waals surface area contributed by atoms with Crippen molar-refractivity contribution in [2.45, 2.75) is 90.4 Å². The van der Waals surface area contributed by atoms with Crippen LogP contribution in [0.1, 0.15) is 97.8 Å². The van der Waals surface area contributed by atoms with E-state index in [1.807, 2.05) is 39.9 Å². The number of nitrogens with zero attached hydrogens (tertiary/aromatic N) is 4. The number of amides is 1. The molecule has 0 saturated heterocycles. The molecule has 2 aromatic rings. The lowest BCUT2D eigenvalue weighted by Crippen LogP contribution is -3.00. The van der Waals surface area contributed by atoms with Gasteiger partial charge in [-0.3, -0.25) is 19.2 Å². The summed E-state index contributed by atoms with van der Waals surface area (Å²) < 4.78 is 41.3. The van der Waals surface area contributed by atoms with Crippen LogP contribution in [0.5, 0.6) is 0 Å². The maximum atomic E-state index is 14.1. The number of alkyl halides is 2. The van der Waals surface area contributed by atoms with Gasteiger partial charge in [-0.25, -0.2) is 13.5 Å². The molecule has 2 aliphatic carbocycles. The number of fused-ring (bicyclic) bond motifs is 1. The summed E-state index contributed by atoms with van der Waals surface area (Å²) in [5.74, 6) is -1.91. The highest BCUT2D eigenvalue weighted by molar-refractivity contribution is 6.01. The smallest absolute Gasteiger partial charge is 0.310 e. The van der Waals surface area contributed by atoms with E-state index in [0.29, 0.717) is 66.7 Å². The van der Waals surface area contributed by atoms with Gasteiger partial charge in [-0.1, -0.05) is 19.9 Å². The Balaban J connectivity index is 0.00000650. The molecule has 4 rings (SSSR count). The van der Waals surface area contributed by atoms with E-state index in [4.69, 9.17) is 15.2 Å². The van der Waals surface area contributed by atoms with E-state index in [-0.39, 0.29) is 54.3 Å². The van der Waals surface area contributed by atoms with Crippen LogP contribution < -0.4 is 23.0 Å². The van der Waals surface area contributed by atoms with Crippen molar-refractivity contribution in [1.29, 1.82) is 0 Å². The number of quaternary nitrogens is 1. The van der Waals surface area contributed by atoms with Gasteiger partial charge in [0.25, 0.3) is 12.3 Å². The minimum absolute atomic E-state index is 0. The summed E-state index contributed by atoms with van der Waals surface area (Å²) >= 11 is 0. The van der Waals surface area contributed by atoms with Gasteiger partial charge in [-0.2, -0.15) is 5.10 Å². The standard InChI is InChI=1S/C35H47F2N5O6.ClH/c1-8-15-40(22-9-12-24(13-10-22)48-30(45)17-25(47-21(2)43)20-42(5,6)7)27-16-23(11-14-26(27)34(38)46)41-28-18-35(3,4)19-29(44)31(28)32(39-41)33(36)37;/h8,11,14,16,22,24-25,33H,1,9-10,12-13,15,17-20H2,2-7H3,(H-,38,46);1H. The number of benzene rings is 1. The van der Waals surface area contributed by atoms with Crippen LogP contribution in [-0.2, 0) is 25.5 Å². The van der Waals surface area contributed by atoms with Crippen LogP contribution in [0.4, 0.5) is 14.5 Å². The molecule has 49 heavy (non-hydrogen) atoms. The number of hydrogen-bond donors (Lipinski definition) is 1. The van der Waals surface area contributed by atoms with Crippen molar-refractivity contribution in [3.05, 3.63) is 53.4 Å². The maximum Gasteiger partial charge on any atom is 0.310 e. The Hall–Kier alpha value is -3.84.